The fraction of sp³-hybridized carbons (Fsp3) is 0.815. The van der Waals surface area contributed by atoms with E-state index >= 15 is 0 Å². The van der Waals surface area contributed by atoms with Crippen LogP contribution >= 0.6 is 0 Å². The van der Waals surface area contributed by atoms with Gasteiger partial charge in [-0.3, -0.25) is 9.59 Å². The fourth-order valence-corrected chi connectivity index (χ4v) is 7.69. The van der Waals surface area contributed by atoms with E-state index in [9.17, 15) is 19.8 Å². The second-order valence-corrected chi connectivity index (χ2v) is 17.6. The van der Waals surface area contributed by atoms with Crippen molar-refractivity contribution < 1.29 is 24.5 Å². The van der Waals surface area contributed by atoms with Gasteiger partial charge in [-0.05, 0) is 83.5 Å². The molecule has 0 radical (unpaired) electrons. The lowest BCUT2D eigenvalue weighted by atomic mass is 10.0. The Morgan fingerprint density at radius 2 is 0.900 bits per heavy atom. The summed E-state index contributed by atoms with van der Waals surface area (Å²) in [5.41, 5.74) is 0. The Kier molecular flexibility index (Phi) is 46.1. The van der Waals surface area contributed by atoms with Crippen LogP contribution in [0.2, 0.25) is 0 Å². The van der Waals surface area contributed by atoms with Gasteiger partial charge in [-0.2, -0.15) is 0 Å². The minimum Gasteiger partial charge on any atom is -0.462 e. The van der Waals surface area contributed by atoms with Crippen LogP contribution in [0.1, 0.15) is 258 Å². The van der Waals surface area contributed by atoms with Gasteiger partial charge in [0.15, 0.2) is 0 Å². The number of amides is 1. The molecular formula is C54H99NO5. The molecule has 0 aromatic heterocycles. The largest absolute Gasteiger partial charge is 0.462 e. The number of carbonyl (C=O) groups is 2. The second-order valence-electron chi connectivity index (χ2n) is 17.6. The average Bonchev–Trinajstić information content (AvgIpc) is 3.24. The monoisotopic (exact) mass is 842 g/mol. The normalized spacial score (nSPS) is 13.6. The molecule has 0 fully saturated rings. The number of allylic oxidation sites excluding steroid dienone is 8. The van der Waals surface area contributed by atoms with Crippen molar-refractivity contribution in [3.63, 3.8) is 0 Å². The standard InChI is InChI=1S/C54H99NO5/c1-4-7-10-13-16-19-21-23-25-26-28-29-31-34-36-39-42-45-50(48-53(58)55-51(49-56)52(57)46-43-40-37-33-18-15-12-9-6-3)60-54(59)47-44-41-38-35-32-30-27-24-22-20-17-14-11-8-5-2/h16-17,19-20,22-25,50-52,56-57H,4-15,18,21,26-49H2,1-3H3,(H,55,58)/b19-16-,20-17+,24-22+,25-23-. The van der Waals surface area contributed by atoms with Gasteiger partial charge >= 0.3 is 5.97 Å². The first-order valence-corrected chi connectivity index (χ1v) is 25.9. The first-order chi connectivity index (χ1) is 29.5. The van der Waals surface area contributed by atoms with Gasteiger partial charge in [-0.1, -0.05) is 211 Å². The molecule has 0 spiro atoms. The maximum Gasteiger partial charge on any atom is 0.306 e. The summed E-state index contributed by atoms with van der Waals surface area (Å²) in [4.78, 5) is 26.1. The van der Waals surface area contributed by atoms with Gasteiger partial charge in [-0.25, -0.2) is 0 Å². The second kappa shape index (κ2) is 47.9. The van der Waals surface area contributed by atoms with Crippen molar-refractivity contribution in [2.75, 3.05) is 6.61 Å². The molecule has 0 bridgehead atoms. The molecule has 0 aromatic rings. The number of ether oxygens (including phenoxy) is 1. The molecule has 0 rings (SSSR count). The van der Waals surface area contributed by atoms with Crippen LogP contribution in [-0.2, 0) is 14.3 Å². The van der Waals surface area contributed by atoms with E-state index in [2.05, 4.69) is 74.7 Å². The highest BCUT2D eigenvalue weighted by Gasteiger charge is 2.24. The molecule has 60 heavy (non-hydrogen) atoms. The molecule has 3 N–H and O–H groups in total. The molecule has 0 saturated heterocycles. The number of aliphatic hydroxyl groups is 2. The quantitative estimate of drug-likeness (QED) is 0.0246. The summed E-state index contributed by atoms with van der Waals surface area (Å²) >= 11 is 0. The average molecular weight is 842 g/mol. The molecule has 3 atom stereocenters. The van der Waals surface area contributed by atoms with E-state index in [0.717, 1.165) is 77.0 Å². The smallest absolute Gasteiger partial charge is 0.306 e. The zero-order chi connectivity index (χ0) is 43.8. The van der Waals surface area contributed by atoms with Crippen LogP contribution in [0.4, 0.5) is 0 Å². The number of rotatable bonds is 46. The summed E-state index contributed by atoms with van der Waals surface area (Å²) in [5.74, 6) is -0.491. The Labute approximate surface area is 372 Å². The Balaban J connectivity index is 4.61. The van der Waals surface area contributed by atoms with Crippen LogP contribution in [0.15, 0.2) is 48.6 Å². The van der Waals surface area contributed by atoms with Crippen LogP contribution in [0.25, 0.3) is 0 Å². The van der Waals surface area contributed by atoms with Crippen LogP contribution in [0, 0.1) is 0 Å². The Morgan fingerprint density at radius 1 is 0.500 bits per heavy atom. The number of hydrogen-bond acceptors (Lipinski definition) is 5. The van der Waals surface area contributed by atoms with Gasteiger partial charge in [0.2, 0.25) is 5.91 Å². The summed E-state index contributed by atoms with van der Waals surface area (Å²) < 4.78 is 5.93. The van der Waals surface area contributed by atoms with Crippen molar-refractivity contribution in [3.8, 4) is 0 Å². The van der Waals surface area contributed by atoms with E-state index in [1.165, 1.54) is 135 Å². The number of nitrogens with one attached hydrogen (secondary N) is 1. The highest BCUT2D eigenvalue weighted by molar-refractivity contribution is 5.77. The number of esters is 1. The lowest BCUT2D eigenvalue weighted by molar-refractivity contribution is -0.151. The highest BCUT2D eigenvalue weighted by Crippen LogP contribution is 2.18. The van der Waals surface area contributed by atoms with Crippen molar-refractivity contribution >= 4 is 11.9 Å². The molecule has 6 heteroatoms. The molecule has 1 amide bonds. The fourth-order valence-electron chi connectivity index (χ4n) is 7.69. The lowest BCUT2D eigenvalue weighted by Gasteiger charge is -2.24. The topological polar surface area (TPSA) is 95.9 Å². The molecule has 0 aliphatic carbocycles. The van der Waals surface area contributed by atoms with Gasteiger partial charge in [0.1, 0.15) is 6.10 Å². The van der Waals surface area contributed by atoms with Gasteiger partial charge in [0.25, 0.3) is 0 Å². The van der Waals surface area contributed by atoms with Crippen LogP contribution in [-0.4, -0.2) is 46.9 Å². The summed E-state index contributed by atoms with van der Waals surface area (Å²) in [5, 5.41) is 23.7. The third kappa shape index (κ3) is 42.5. The molecule has 350 valence electrons. The molecule has 3 unspecified atom stereocenters. The predicted molar refractivity (Wildman–Crippen MR) is 259 cm³/mol. The maximum absolute atomic E-state index is 13.2. The van der Waals surface area contributed by atoms with Gasteiger partial charge in [0, 0.05) is 6.42 Å². The molecule has 0 heterocycles. The van der Waals surface area contributed by atoms with Crippen molar-refractivity contribution in [2.45, 2.75) is 277 Å². The number of hydrogen-bond donors (Lipinski definition) is 3. The van der Waals surface area contributed by atoms with Crippen molar-refractivity contribution in [1.29, 1.82) is 0 Å². The summed E-state index contributed by atoms with van der Waals surface area (Å²) in [7, 11) is 0. The molecule has 6 nitrogen and oxygen atoms in total. The Morgan fingerprint density at radius 3 is 1.40 bits per heavy atom. The van der Waals surface area contributed by atoms with Gasteiger partial charge in [0.05, 0.1) is 25.2 Å². The van der Waals surface area contributed by atoms with Gasteiger partial charge in [-0.15, -0.1) is 0 Å². The lowest BCUT2D eigenvalue weighted by Crippen LogP contribution is -2.46. The first kappa shape index (κ1) is 57.8. The zero-order valence-electron chi connectivity index (χ0n) is 39.8. The number of carbonyl (C=O) groups excluding carboxylic acids is 2. The first-order valence-electron chi connectivity index (χ1n) is 25.9. The minimum atomic E-state index is -0.790. The SMILES string of the molecule is CCCCC/C=C\C/C=C\CCCCCCCCCC(CC(=O)NC(CO)C(O)CCCCCCCCCCC)OC(=O)CCCCCCCC/C=C/C=C/CCCCC. The molecule has 0 aliphatic heterocycles. The van der Waals surface area contributed by atoms with Crippen molar-refractivity contribution in [3.05, 3.63) is 48.6 Å². The van der Waals surface area contributed by atoms with E-state index in [0.29, 0.717) is 19.3 Å². The summed E-state index contributed by atoms with van der Waals surface area (Å²) in [6, 6.07) is -0.705. The predicted octanol–water partition coefficient (Wildman–Crippen LogP) is 15.5. The molecular weight excluding hydrogens is 743 g/mol. The van der Waals surface area contributed by atoms with E-state index in [1.54, 1.807) is 0 Å². The van der Waals surface area contributed by atoms with Gasteiger partial charge < -0.3 is 20.3 Å². The van der Waals surface area contributed by atoms with Crippen molar-refractivity contribution in [2.24, 2.45) is 0 Å². The number of aliphatic hydroxyl groups excluding tert-OH is 2. The van der Waals surface area contributed by atoms with Crippen LogP contribution in [0.5, 0.6) is 0 Å². The van der Waals surface area contributed by atoms with E-state index in [-0.39, 0.29) is 24.9 Å². The number of unbranched alkanes of at least 4 members (excludes halogenated alkanes) is 27. The van der Waals surface area contributed by atoms with E-state index in [4.69, 9.17) is 4.74 Å². The molecule has 0 aliphatic rings. The van der Waals surface area contributed by atoms with E-state index < -0.39 is 18.2 Å². The van der Waals surface area contributed by atoms with Crippen LogP contribution < -0.4 is 5.32 Å². The zero-order valence-corrected chi connectivity index (χ0v) is 39.8. The molecule has 0 aromatic carbocycles. The van der Waals surface area contributed by atoms with Crippen LogP contribution in [0.3, 0.4) is 0 Å². The highest BCUT2D eigenvalue weighted by atomic mass is 16.5. The Bertz CT molecular complexity index is 1040. The maximum atomic E-state index is 13.2. The van der Waals surface area contributed by atoms with Crippen molar-refractivity contribution in [1.82, 2.24) is 5.32 Å². The summed E-state index contributed by atoms with van der Waals surface area (Å²) in [6.07, 6.45) is 57.4. The molecule has 0 saturated carbocycles. The third-order valence-corrected chi connectivity index (χ3v) is 11.7. The minimum absolute atomic E-state index is 0.0677. The summed E-state index contributed by atoms with van der Waals surface area (Å²) in [6.45, 7) is 6.41. The Hall–Kier alpha value is -2.18. The third-order valence-electron chi connectivity index (χ3n) is 11.7. The van der Waals surface area contributed by atoms with E-state index in [1.807, 2.05) is 0 Å².